The standard InChI is InChI=1S/C9H13N7/c10-15-9-13-7(12-5-2-1-3-5)6-4-11-16-8(6)14-9/h4-5H,1-3,10H2,(H3,11,12,13,14,15,16). The number of hydrogen-bond acceptors (Lipinski definition) is 6. The third kappa shape index (κ3) is 1.45. The van der Waals surface area contributed by atoms with Crippen LogP contribution in [-0.2, 0) is 0 Å². The molecule has 0 bridgehead atoms. The van der Waals surface area contributed by atoms with Crippen LogP contribution in [0.25, 0.3) is 11.0 Å². The first-order valence-electron chi connectivity index (χ1n) is 5.31. The van der Waals surface area contributed by atoms with Gasteiger partial charge in [-0.05, 0) is 19.3 Å². The molecule has 2 heterocycles. The van der Waals surface area contributed by atoms with Gasteiger partial charge in [0.25, 0.3) is 0 Å². The predicted octanol–water partition coefficient (Wildman–Crippen LogP) is 0.603. The predicted molar refractivity (Wildman–Crippen MR) is 60.8 cm³/mol. The van der Waals surface area contributed by atoms with Gasteiger partial charge in [-0.3, -0.25) is 10.5 Å². The molecule has 1 fully saturated rings. The summed E-state index contributed by atoms with van der Waals surface area (Å²) in [6.45, 7) is 0. The molecular weight excluding hydrogens is 206 g/mol. The fourth-order valence-corrected chi connectivity index (χ4v) is 1.76. The first-order valence-corrected chi connectivity index (χ1v) is 5.31. The van der Waals surface area contributed by atoms with Crippen molar-refractivity contribution in [3.63, 3.8) is 0 Å². The molecule has 16 heavy (non-hydrogen) atoms. The van der Waals surface area contributed by atoms with E-state index in [4.69, 9.17) is 5.84 Å². The molecule has 0 atom stereocenters. The summed E-state index contributed by atoms with van der Waals surface area (Å²) in [6.07, 6.45) is 5.37. The normalized spacial score (nSPS) is 16.1. The Hall–Kier alpha value is -1.89. The Morgan fingerprint density at radius 2 is 2.25 bits per heavy atom. The maximum absolute atomic E-state index is 5.32. The molecule has 0 aliphatic heterocycles. The first kappa shape index (κ1) is 9.34. The number of rotatable bonds is 3. The molecule has 0 unspecified atom stereocenters. The van der Waals surface area contributed by atoms with E-state index < -0.39 is 0 Å². The second-order valence-electron chi connectivity index (χ2n) is 3.94. The number of anilines is 2. The zero-order chi connectivity index (χ0) is 11.0. The summed E-state index contributed by atoms with van der Waals surface area (Å²) in [7, 11) is 0. The number of fused-ring (bicyclic) bond motifs is 1. The van der Waals surface area contributed by atoms with E-state index >= 15 is 0 Å². The molecule has 0 spiro atoms. The van der Waals surface area contributed by atoms with Gasteiger partial charge in [-0.15, -0.1) is 0 Å². The van der Waals surface area contributed by atoms with E-state index in [0.717, 1.165) is 11.2 Å². The van der Waals surface area contributed by atoms with Crippen molar-refractivity contribution in [2.45, 2.75) is 25.3 Å². The highest BCUT2D eigenvalue weighted by molar-refractivity contribution is 5.87. The first-order chi connectivity index (χ1) is 7.86. The van der Waals surface area contributed by atoms with Crippen molar-refractivity contribution in [3.8, 4) is 0 Å². The van der Waals surface area contributed by atoms with Crippen molar-refractivity contribution in [2.75, 3.05) is 10.7 Å². The van der Waals surface area contributed by atoms with E-state index in [-0.39, 0.29) is 0 Å². The Bertz CT molecular complexity index is 502. The van der Waals surface area contributed by atoms with Crippen molar-refractivity contribution in [3.05, 3.63) is 6.20 Å². The van der Waals surface area contributed by atoms with Gasteiger partial charge in [-0.25, -0.2) is 5.84 Å². The largest absolute Gasteiger partial charge is 0.367 e. The summed E-state index contributed by atoms with van der Waals surface area (Å²) < 4.78 is 0. The van der Waals surface area contributed by atoms with Gasteiger partial charge in [0.15, 0.2) is 5.65 Å². The van der Waals surface area contributed by atoms with Crippen molar-refractivity contribution in [2.24, 2.45) is 5.84 Å². The summed E-state index contributed by atoms with van der Waals surface area (Å²) in [4.78, 5) is 8.46. The second-order valence-corrected chi connectivity index (χ2v) is 3.94. The van der Waals surface area contributed by atoms with E-state index in [1.54, 1.807) is 6.20 Å². The third-order valence-electron chi connectivity index (χ3n) is 2.88. The lowest BCUT2D eigenvalue weighted by molar-refractivity contribution is 0.445. The Labute approximate surface area is 91.8 Å². The van der Waals surface area contributed by atoms with E-state index in [0.29, 0.717) is 17.6 Å². The molecule has 0 aromatic carbocycles. The lowest BCUT2D eigenvalue weighted by Crippen LogP contribution is -2.27. The molecule has 3 rings (SSSR count). The van der Waals surface area contributed by atoms with Gasteiger partial charge in [0, 0.05) is 6.04 Å². The highest BCUT2D eigenvalue weighted by Crippen LogP contribution is 2.26. The molecule has 1 saturated carbocycles. The van der Waals surface area contributed by atoms with E-state index in [1.807, 2.05) is 0 Å². The van der Waals surface area contributed by atoms with Crippen LogP contribution in [0.2, 0.25) is 0 Å². The average molecular weight is 219 g/mol. The maximum atomic E-state index is 5.32. The summed E-state index contributed by atoms with van der Waals surface area (Å²) in [5, 5.41) is 11.0. The number of nitrogen functional groups attached to an aromatic ring is 1. The Morgan fingerprint density at radius 3 is 2.94 bits per heavy atom. The van der Waals surface area contributed by atoms with Crippen LogP contribution in [0.3, 0.4) is 0 Å². The lowest BCUT2D eigenvalue weighted by atomic mass is 9.93. The number of nitrogens with one attached hydrogen (secondary N) is 3. The van der Waals surface area contributed by atoms with Crippen LogP contribution in [0.15, 0.2) is 6.20 Å². The SMILES string of the molecule is NNc1nc(NC2CCC2)c2cn[nH]c2n1. The van der Waals surface area contributed by atoms with Crippen molar-refractivity contribution >= 4 is 22.8 Å². The average Bonchev–Trinajstić information content (AvgIpc) is 2.70. The van der Waals surface area contributed by atoms with Crippen LogP contribution in [0.4, 0.5) is 11.8 Å². The molecule has 1 aliphatic rings. The monoisotopic (exact) mass is 219 g/mol. The minimum absolute atomic E-state index is 0.388. The van der Waals surface area contributed by atoms with Gasteiger partial charge in [0.2, 0.25) is 5.95 Å². The second kappa shape index (κ2) is 3.60. The minimum Gasteiger partial charge on any atom is -0.367 e. The van der Waals surface area contributed by atoms with Gasteiger partial charge >= 0.3 is 0 Å². The van der Waals surface area contributed by atoms with Crippen molar-refractivity contribution < 1.29 is 0 Å². The zero-order valence-corrected chi connectivity index (χ0v) is 8.70. The number of hydrogen-bond donors (Lipinski definition) is 4. The van der Waals surface area contributed by atoms with Crippen LogP contribution >= 0.6 is 0 Å². The smallest absolute Gasteiger partial charge is 0.241 e. The number of hydrazine groups is 1. The summed E-state index contributed by atoms with van der Waals surface area (Å²) in [6, 6.07) is 0.513. The van der Waals surface area contributed by atoms with Gasteiger partial charge in [0.05, 0.1) is 11.6 Å². The molecule has 7 heteroatoms. The van der Waals surface area contributed by atoms with Crippen LogP contribution in [0.5, 0.6) is 0 Å². The third-order valence-corrected chi connectivity index (χ3v) is 2.88. The van der Waals surface area contributed by atoms with Crippen LogP contribution in [0.1, 0.15) is 19.3 Å². The molecule has 7 nitrogen and oxygen atoms in total. The number of H-pyrrole nitrogens is 1. The Kier molecular flexibility index (Phi) is 2.10. The summed E-state index contributed by atoms with van der Waals surface area (Å²) in [5.74, 6) is 6.49. The van der Waals surface area contributed by atoms with Crippen LogP contribution < -0.4 is 16.6 Å². The topological polar surface area (TPSA) is 105 Å². The van der Waals surface area contributed by atoms with Gasteiger partial charge < -0.3 is 5.32 Å². The number of nitrogens with zero attached hydrogens (tertiary/aromatic N) is 3. The molecular formula is C9H13N7. The molecule has 84 valence electrons. The fraction of sp³-hybridized carbons (Fsp3) is 0.444. The van der Waals surface area contributed by atoms with Crippen LogP contribution in [-0.4, -0.2) is 26.2 Å². The zero-order valence-electron chi connectivity index (χ0n) is 8.70. The van der Waals surface area contributed by atoms with Gasteiger partial charge in [0.1, 0.15) is 5.82 Å². The number of aromatic nitrogens is 4. The fourth-order valence-electron chi connectivity index (χ4n) is 1.76. The lowest BCUT2D eigenvalue weighted by Gasteiger charge is -2.27. The highest BCUT2D eigenvalue weighted by Gasteiger charge is 2.19. The number of nitrogens with two attached hydrogens (primary N) is 1. The highest BCUT2D eigenvalue weighted by atomic mass is 15.3. The van der Waals surface area contributed by atoms with Crippen LogP contribution in [0, 0.1) is 0 Å². The van der Waals surface area contributed by atoms with Crippen molar-refractivity contribution in [1.82, 2.24) is 20.2 Å². The van der Waals surface area contributed by atoms with E-state index in [9.17, 15) is 0 Å². The van der Waals surface area contributed by atoms with Gasteiger partial charge in [-0.1, -0.05) is 0 Å². The van der Waals surface area contributed by atoms with E-state index in [1.165, 1.54) is 19.3 Å². The quantitative estimate of drug-likeness (QED) is 0.445. The maximum Gasteiger partial charge on any atom is 0.241 e. The molecule has 0 radical (unpaired) electrons. The Balaban J connectivity index is 2.01. The summed E-state index contributed by atoms with van der Waals surface area (Å²) in [5.41, 5.74) is 3.13. The molecule has 2 aromatic heterocycles. The molecule has 5 N–H and O–H groups in total. The Morgan fingerprint density at radius 1 is 1.38 bits per heavy atom. The summed E-state index contributed by atoms with van der Waals surface area (Å²) >= 11 is 0. The molecule has 2 aromatic rings. The minimum atomic E-state index is 0.388. The van der Waals surface area contributed by atoms with Crippen molar-refractivity contribution in [1.29, 1.82) is 0 Å². The van der Waals surface area contributed by atoms with E-state index in [2.05, 4.69) is 30.9 Å². The number of aromatic amines is 1. The molecule has 0 saturated heterocycles. The molecule has 1 aliphatic carbocycles. The van der Waals surface area contributed by atoms with Gasteiger partial charge in [-0.2, -0.15) is 15.1 Å². The molecule has 0 amide bonds.